The van der Waals surface area contributed by atoms with Crippen molar-refractivity contribution in [2.75, 3.05) is 19.8 Å². The first-order valence-electron chi connectivity index (χ1n) is 8.09. The fourth-order valence-corrected chi connectivity index (χ4v) is 2.97. The minimum Gasteiger partial charge on any atom is -0.394 e. The van der Waals surface area contributed by atoms with Gasteiger partial charge in [0, 0.05) is 0 Å². The zero-order chi connectivity index (χ0) is 24.6. The fourth-order valence-electron chi connectivity index (χ4n) is 1.79. The van der Waals surface area contributed by atoms with E-state index in [-0.39, 0.29) is 6.29 Å². The van der Waals surface area contributed by atoms with Crippen LogP contribution in [0.2, 0.25) is 0 Å². The lowest BCUT2D eigenvalue weighted by atomic mass is 10.0. The van der Waals surface area contributed by atoms with Crippen molar-refractivity contribution in [1.82, 2.24) is 0 Å². The average Bonchev–Trinajstić information content (AvgIpc) is 2.70. The first-order chi connectivity index (χ1) is 14.1. The van der Waals surface area contributed by atoms with Crippen molar-refractivity contribution in [3.05, 3.63) is 0 Å². The molecular weight excluding hydrogens is 478 g/mol. The second kappa shape index (κ2) is 13.1. The van der Waals surface area contributed by atoms with Gasteiger partial charge in [-0.1, -0.05) is 0 Å². The lowest BCUT2D eigenvalue weighted by molar-refractivity contribution is -0.143. The summed E-state index contributed by atoms with van der Waals surface area (Å²) in [5.74, 6) is -1.45. The maximum absolute atomic E-state index is 11.8. The first kappa shape index (κ1) is 30.3. The molecule has 31 heavy (non-hydrogen) atoms. The van der Waals surface area contributed by atoms with E-state index in [4.69, 9.17) is 20.0 Å². The van der Waals surface area contributed by atoms with Gasteiger partial charge in [-0.3, -0.25) is 18.4 Å². The number of hydrogen-bond donors (Lipinski definition) is 10. The van der Waals surface area contributed by atoms with E-state index in [0.717, 1.165) is 0 Å². The van der Waals surface area contributed by atoms with Crippen LogP contribution in [0.4, 0.5) is 0 Å². The van der Waals surface area contributed by atoms with E-state index in [1.807, 2.05) is 0 Å². The van der Waals surface area contributed by atoms with Gasteiger partial charge in [-0.05, 0) is 0 Å². The third-order valence-corrected chi connectivity index (χ3v) is 4.94. The van der Waals surface area contributed by atoms with Crippen molar-refractivity contribution in [2.24, 2.45) is 0 Å². The van der Waals surface area contributed by atoms with Crippen molar-refractivity contribution < 1.29 is 82.7 Å². The van der Waals surface area contributed by atoms with Crippen LogP contribution in [0.25, 0.3) is 0 Å². The van der Waals surface area contributed by atoms with Crippen LogP contribution in [0, 0.1) is 0 Å². The molecule has 0 rings (SSSR count). The Labute approximate surface area is 173 Å². The molecular formula is C12H24O17P2. The Morgan fingerprint density at radius 2 is 1.42 bits per heavy atom. The molecule has 0 saturated heterocycles. The molecule has 0 aliphatic heterocycles. The summed E-state index contributed by atoms with van der Waals surface area (Å²) in [5.41, 5.74) is 0. The summed E-state index contributed by atoms with van der Waals surface area (Å²) < 4.78 is 34.6. The van der Waals surface area contributed by atoms with Gasteiger partial charge in [-0.25, -0.2) is 9.13 Å². The maximum atomic E-state index is 11.8. The monoisotopic (exact) mass is 502 g/mol. The van der Waals surface area contributed by atoms with Gasteiger partial charge >= 0.3 is 15.6 Å². The van der Waals surface area contributed by atoms with Crippen LogP contribution in [-0.4, -0.2) is 125 Å². The molecule has 0 aromatic rings. The zero-order valence-electron chi connectivity index (χ0n) is 15.5. The largest absolute Gasteiger partial charge is 0.473 e. The maximum Gasteiger partial charge on any atom is 0.473 e. The Kier molecular flexibility index (Phi) is 12.8. The van der Waals surface area contributed by atoms with Crippen LogP contribution >= 0.6 is 15.6 Å². The predicted octanol–water partition coefficient (Wildman–Crippen LogP) is -5.48. The van der Waals surface area contributed by atoms with E-state index in [9.17, 15) is 49.1 Å². The van der Waals surface area contributed by atoms with Crippen molar-refractivity contribution >= 4 is 27.7 Å². The summed E-state index contributed by atoms with van der Waals surface area (Å²) in [5, 5.41) is 65.5. The highest BCUT2D eigenvalue weighted by Crippen LogP contribution is 2.45. The smallest absolute Gasteiger partial charge is 0.394 e. The molecule has 0 fully saturated rings. The minimum atomic E-state index is -5.35. The molecule has 0 aliphatic carbocycles. The van der Waals surface area contributed by atoms with Crippen LogP contribution in [0.5, 0.6) is 0 Å². The number of ketones is 1. The highest BCUT2D eigenvalue weighted by molar-refractivity contribution is 7.47. The van der Waals surface area contributed by atoms with Crippen molar-refractivity contribution in [1.29, 1.82) is 0 Å². The van der Waals surface area contributed by atoms with Crippen LogP contribution in [-0.2, 0) is 32.3 Å². The Balaban J connectivity index is 4.93. The lowest BCUT2D eigenvalue weighted by Crippen LogP contribution is -2.47. The van der Waals surface area contributed by atoms with E-state index in [1.54, 1.807) is 0 Å². The number of carbonyl (C=O) groups excluding carboxylic acids is 2. The van der Waals surface area contributed by atoms with E-state index in [2.05, 4.69) is 13.6 Å². The van der Waals surface area contributed by atoms with Gasteiger partial charge in [0.25, 0.3) is 0 Å². The normalized spacial score (nSPS) is 21.2. The quantitative estimate of drug-likeness (QED) is 0.0695. The van der Waals surface area contributed by atoms with Gasteiger partial charge in [-0.15, -0.1) is 0 Å². The Morgan fingerprint density at radius 3 is 1.87 bits per heavy atom. The van der Waals surface area contributed by atoms with Crippen molar-refractivity contribution in [2.45, 2.75) is 42.7 Å². The molecule has 0 spiro atoms. The average molecular weight is 502 g/mol. The third kappa shape index (κ3) is 11.1. The first-order valence-corrected chi connectivity index (χ1v) is 11.1. The third-order valence-electron chi connectivity index (χ3n) is 3.49. The molecule has 0 saturated carbocycles. The fraction of sp³-hybridized carbons (Fsp3) is 0.833. The molecule has 1 unspecified atom stereocenters. The number of aliphatic hydroxyl groups excluding tert-OH is 7. The summed E-state index contributed by atoms with van der Waals surface area (Å²) >= 11 is 0. The molecule has 8 atom stereocenters. The number of carbonyl (C=O) groups is 2. The second-order valence-corrected chi connectivity index (χ2v) is 8.58. The number of hydrogen-bond acceptors (Lipinski definition) is 14. The van der Waals surface area contributed by atoms with Gasteiger partial charge in [-0.2, -0.15) is 0 Å². The second-order valence-electron chi connectivity index (χ2n) is 5.93. The van der Waals surface area contributed by atoms with E-state index in [1.165, 1.54) is 0 Å². The van der Waals surface area contributed by atoms with Crippen LogP contribution in [0.3, 0.4) is 0 Å². The van der Waals surface area contributed by atoms with Crippen LogP contribution in [0.1, 0.15) is 0 Å². The zero-order valence-corrected chi connectivity index (χ0v) is 17.3. The van der Waals surface area contributed by atoms with Crippen molar-refractivity contribution in [3.8, 4) is 0 Å². The Bertz CT molecular complexity index is 665. The number of phosphoric acid groups is 2. The summed E-state index contributed by atoms with van der Waals surface area (Å²) in [6.45, 7) is -3.65. The number of aldehydes is 1. The summed E-state index contributed by atoms with van der Waals surface area (Å²) in [4.78, 5) is 49.1. The van der Waals surface area contributed by atoms with Crippen LogP contribution in [0.15, 0.2) is 0 Å². The topological polar surface area (TPSA) is 298 Å². The number of Topliss-reactive ketones (excluding diaryl/α,β-unsaturated/α-hetero) is 1. The summed E-state index contributed by atoms with van der Waals surface area (Å²) in [7, 11) is -10.4. The molecule has 0 bridgehead atoms. The van der Waals surface area contributed by atoms with Crippen molar-refractivity contribution in [3.63, 3.8) is 0 Å². The number of phosphoric ester groups is 2. The Morgan fingerprint density at radius 1 is 0.871 bits per heavy atom. The molecule has 0 aromatic heterocycles. The molecule has 0 heterocycles. The van der Waals surface area contributed by atoms with Gasteiger partial charge in [0.05, 0.1) is 13.2 Å². The van der Waals surface area contributed by atoms with Gasteiger partial charge < -0.3 is 55.2 Å². The van der Waals surface area contributed by atoms with E-state index in [0.29, 0.717) is 0 Å². The minimum absolute atomic E-state index is 0.311. The Hall–Kier alpha value is -0.720. The molecule has 184 valence electrons. The summed E-state index contributed by atoms with van der Waals surface area (Å²) in [6.07, 6.45) is -16.1. The van der Waals surface area contributed by atoms with Gasteiger partial charge in [0.2, 0.25) is 0 Å². The summed E-state index contributed by atoms with van der Waals surface area (Å²) in [6, 6.07) is 0. The molecule has 0 aromatic carbocycles. The number of aliphatic hydroxyl groups is 7. The highest BCUT2D eigenvalue weighted by Gasteiger charge is 2.39. The van der Waals surface area contributed by atoms with Crippen LogP contribution < -0.4 is 0 Å². The molecule has 17 nitrogen and oxygen atoms in total. The SMILES string of the molecule is O=C[C@H](OP(=O)(O)OCC(=O)[C@@H](O)[C@H](O)[C@@H](O)CO)[C@@H](O)[C@H](O)[C@H](O)COP(=O)(O)O. The van der Waals surface area contributed by atoms with Gasteiger partial charge in [0.1, 0.15) is 43.2 Å². The lowest BCUT2D eigenvalue weighted by Gasteiger charge is -2.27. The molecule has 19 heteroatoms. The number of rotatable bonds is 16. The van der Waals surface area contributed by atoms with E-state index < -0.39 is 84.0 Å². The molecule has 10 N–H and O–H groups in total. The van der Waals surface area contributed by atoms with E-state index >= 15 is 0 Å². The molecule has 0 radical (unpaired) electrons. The standard InChI is InChI=1S/C12H24O17P2/c13-1-5(15)9(18)10(19)7(17)4-28-31(25,26)29-8(2-14)12(21)11(20)6(16)3-27-30(22,23)24/h2,5-6,8-13,15-16,18-21H,1,3-4H2,(H,25,26)(H2,22,23,24)/t5-,6+,8-,9+,10+,11+,12+/m0/s1. The van der Waals surface area contributed by atoms with Gasteiger partial charge in [0.15, 0.2) is 18.2 Å². The molecule has 0 aliphatic rings. The molecule has 0 amide bonds. The highest BCUT2D eigenvalue weighted by atomic mass is 31.2. The predicted molar refractivity (Wildman–Crippen MR) is 92.8 cm³/mol.